The molecule has 0 saturated heterocycles. The van der Waals surface area contributed by atoms with Crippen LogP contribution in [0.25, 0.3) is 0 Å². The smallest absolute Gasteiger partial charge is 0.245 e. The van der Waals surface area contributed by atoms with Gasteiger partial charge >= 0.3 is 0 Å². The maximum absolute atomic E-state index is 13.1. The van der Waals surface area contributed by atoms with E-state index in [0.717, 1.165) is 0 Å². The number of alkyl halides is 2. The molecule has 0 aliphatic rings. The van der Waals surface area contributed by atoms with Crippen molar-refractivity contribution >= 4 is 26.0 Å². The number of pyridine rings is 1. The number of primary sulfonamides is 1. The number of aromatic nitrogens is 1. The summed E-state index contributed by atoms with van der Waals surface area (Å²) >= 11 is 2.56. The van der Waals surface area contributed by atoms with Gasteiger partial charge in [0, 0.05) is 6.20 Å². The van der Waals surface area contributed by atoms with Crippen LogP contribution in [0.2, 0.25) is 0 Å². The molecule has 0 saturated carbocycles. The lowest BCUT2D eigenvalue weighted by Crippen LogP contribution is -2.16. The maximum atomic E-state index is 13.1. The van der Waals surface area contributed by atoms with Gasteiger partial charge in [0.05, 0.1) is 5.56 Å². The Balaban J connectivity index is 3.62. The molecule has 1 aromatic heterocycles. The molecule has 1 rings (SSSR count). The summed E-state index contributed by atoms with van der Waals surface area (Å²) in [5.74, 6) is -1.43. The molecule has 0 spiro atoms. The van der Waals surface area contributed by atoms with E-state index >= 15 is 0 Å². The Kier molecular flexibility index (Phi) is 3.36. The second kappa shape index (κ2) is 4.06. The molecule has 0 bridgehead atoms. The summed E-state index contributed by atoms with van der Waals surface area (Å²) in [6.45, 7) is 0. The molecule has 0 amide bonds. The SMILES string of the molecule is NS(=O)(=O)c1cnc(Br)c(F)c1C(F)F. The number of nitrogens with zero attached hydrogens (tertiary/aromatic N) is 1. The number of rotatable bonds is 2. The van der Waals surface area contributed by atoms with Crippen LogP contribution in [-0.2, 0) is 10.0 Å². The van der Waals surface area contributed by atoms with E-state index in [1.165, 1.54) is 0 Å². The van der Waals surface area contributed by atoms with Crippen LogP contribution in [0.3, 0.4) is 0 Å². The van der Waals surface area contributed by atoms with Crippen molar-refractivity contribution in [2.45, 2.75) is 11.3 Å². The predicted octanol–water partition coefficient (Wildman–Crippen LogP) is 1.57. The average molecular weight is 305 g/mol. The lowest BCUT2D eigenvalue weighted by molar-refractivity contribution is 0.142. The molecule has 0 aliphatic carbocycles. The number of hydrogen-bond donors (Lipinski definition) is 1. The van der Waals surface area contributed by atoms with Crippen LogP contribution in [0.15, 0.2) is 15.7 Å². The largest absolute Gasteiger partial charge is 0.268 e. The van der Waals surface area contributed by atoms with E-state index in [0.29, 0.717) is 6.20 Å². The molecule has 0 unspecified atom stereocenters. The number of hydrogen-bond acceptors (Lipinski definition) is 3. The lowest BCUT2D eigenvalue weighted by atomic mass is 10.3. The van der Waals surface area contributed by atoms with E-state index < -0.39 is 37.3 Å². The van der Waals surface area contributed by atoms with Gasteiger partial charge in [-0.1, -0.05) is 0 Å². The topological polar surface area (TPSA) is 73.1 Å². The zero-order chi connectivity index (χ0) is 11.8. The molecule has 0 fully saturated rings. The number of nitrogens with two attached hydrogens (primary N) is 1. The highest BCUT2D eigenvalue weighted by molar-refractivity contribution is 9.10. The summed E-state index contributed by atoms with van der Waals surface area (Å²) in [6, 6.07) is 0. The quantitative estimate of drug-likeness (QED) is 0.843. The van der Waals surface area contributed by atoms with E-state index in [-0.39, 0.29) is 0 Å². The van der Waals surface area contributed by atoms with Crippen LogP contribution in [0.1, 0.15) is 12.0 Å². The standard InChI is InChI=1S/C6H4BrF3N2O2S/c7-5-4(8)3(6(9)10)2(1-12-5)15(11,13)14/h1,6H,(H2,11,13,14). The van der Waals surface area contributed by atoms with Gasteiger partial charge in [0.1, 0.15) is 9.50 Å². The minimum atomic E-state index is -4.42. The molecular weight excluding hydrogens is 301 g/mol. The highest BCUT2D eigenvalue weighted by atomic mass is 79.9. The lowest BCUT2D eigenvalue weighted by Gasteiger charge is -2.08. The second-order valence-corrected chi connectivity index (χ2v) is 4.77. The first-order valence-corrected chi connectivity index (χ1v) is 5.74. The summed E-state index contributed by atoms with van der Waals surface area (Å²) in [6.07, 6.45) is -2.72. The van der Waals surface area contributed by atoms with Crippen molar-refractivity contribution in [3.63, 3.8) is 0 Å². The van der Waals surface area contributed by atoms with E-state index in [1.54, 1.807) is 0 Å². The number of halogens is 4. The van der Waals surface area contributed by atoms with E-state index in [2.05, 4.69) is 26.1 Å². The minimum Gasteiger partial charge on any atom is -0.245 e. The Bertz CT molecular complexity index is 491. The van der Waals surface area contributed by atoms with Gasteiger partial charge in [0.15, 0.2) is 5.82 Å². The van der Waals surface area contributed by atoms with Crippen LogP contribution < -0.4 is 5.14 Å². The van der Waals surface area contributed by atoms with E-state index in [4.69, 9.17) is 0 Å². The Morgan fingerprint density at radius 2 is 2.00 bits per heavy atom. The Morgan fingerprint density at radius 1 is 1.47 bits per heavy atom. The predicted molar refractivity (Wildman–Crippen MR) is 48.2 cm³/mol. The highest BCUT2D eigenvalue weighted by Crippen LogP contribution is 2.30. The van der Waals surface area contributed by atoms with Crippen LogP contribution in [-0.4, -0.2) is 13.4 Å². The molecule has 15 heavy (non-hydrogen) atoms. The normalized spacial score (nSPS) is 12.1. The molecular formula is C6H4BrF3N2O2S. The van der Waals surface area contributed by atoms with E-state index in [9.17, 15) is 21.6 Å². The summed E-state index contributed by atoms with van der Waals surface area (Å²) in [5.41, 5.74) is -1.28. The number of sulfonamides is 1. The molecule has 0 radical (unpaired) electrons. The highest BCUT2D eigenvalue weighted by Gasteiger charge is 2.27. The summed E-state index contributed by atoms with van der Waals surface area (Å²) in [7, 11) is -4.42. The third kappa shape index (κ3) is 2.47. The third-order valence-corrected chi connectivity index (χ3v) is 2.99. The molecule has 2 N–H and O–H groups in total. The fourth-order valence-electron chi connectivity index (χ4n) is 0.891. The molecule has 0 aliphatic heterocycles. The zero-order valence-corrected chi connectivity index (χ0v) is 9.32. The fraction of sp³-hybridized carbons (Fsp3) is 0.167. The second-order valence-electron chi connectivity index (χ2n) is 2.49. The molecule has 1 heterocycles. The molecule has 9 heteroatoms. The first-order valence-electron chi connectivity index (χ1n) is 3.40. The van der Waals surface area contributed by atoms with Gasteiger partial charge in [-0.25, -0.2) is 31.7 Å². The van der Waals surface area contributed by atoms with Crippen LogP contribution >= 0.6 is 15.9 Å². The van der Waals surface area contributed by atoms with Gasteiger partial charge in [-0.05, 0) is 15.9 Å². The molecule has 0 atom stereocenters. The van der Waals surface area contributed by atoms with Crippen LogP contribution in [0, 0.1) is 5.82 Å². The van der Waals surface area contributed by atoms with Gasteiger partial charge in [-0.15, -0.1) is 0 Å². The first kappa shape index (κ1) is 12.4. The van der Waals surface area contributed by atoms with Crippen molar-refractivity contribution in [1.29, 1.82) is 0 Å². The van der Waals surface area contributed by atoms with Crippen molar-refractivity contribution in [3.8, 4) is 0 Å². The molecule has 0 aromatic carbocycles. The molecule has 1 aromatic rings. The van der Waals surface area contributed by atoms with Crippen molar-refractivity contribution in [2.24, 2.45) is 5.14 Å². The van der Waals surface area contributed by atoms with Crippen LogP contribution in [0.5, 0.6) is 0 Å². The van der Waals surface area contributed by atoms with Crippen LogP contribution in [0.4, 0.5) is 13.2 Å². The molecule has 84 valence electrons. The summed E-state index contributed by atoms with van der Waals surface area (Å²) in [4.78, 5) is 2.22. The van der Waals surface area contributed by atoms with Crippen molar-refractivity contribution in [1.82, 2.24) is 4.98 Å². The summed E-state index contributed by atoms with van der Waals surface area (Å²) in [5, 5.41) is 4.63. The minimum absolute atomic E-state index is 0.495. The Hall–Kier alpha value is -0.670. The van der Waals surface area contributed by atoms with Gasteiger partial charge in [0.25, 0.3) is 6.43 Å². The monoisotopic (exact) mass is 304 g/mol. The third-order valence-electron chi connectivity index (χ3n) is 1.50. The first-order chi connectivity index (χ1) is 6.75. The van der Waals surface area contributed by atoms with Crippen molar-refractivity contribution in [3.05, 3.63) is 22.2 Å². The van der Waals surface area contributed by atoms with Gasteiger partial charge < -0.3 is 0 Å². The maximum Gasteiger partial charge on any atom is 0.268 e. The average Bonchev–Trinajstić information content (AvgIpc) is 2.06. The Morgan fingerprint density at radius 3 is 2.40 bits per heavy atom. The fourth-order valence-corrected chi connectivity index (χ4v) is 1.89. The van der Waals surface area contributed by atoms with Gasteiger partial charge in [-0.2, -0.15) is 0 Å². The van der Waals surface area contributed by atoms with Gasteiger partial charge in [-0.3, -0.25) is 0 Å². The summed E-state index contributed by atoms with van der Waals surface area (Å²) < 4.78 is 59.1. The van der Waals surface area contributed by atoms with E-state index in [1.807, 2.05) is 0 Å². The Labute approximate surface area is 91.5 Å². The molecule has 4 nitrogen and oxygen atoms in total. The van der Waals surface area contributed by atoms with Crippen molar-refractivity contribution in [2.75, 3.05) is 0 Å². The zero-order valence-electron chi connectivity index (χ0n) is 6.92. The van der Waals surface area contributed by atoms with Crippen molar-refractivity contribution < 1.29 is 21.6 Å². The van der Waals surface area contributed by atoms with Gasteiger partial charge in [0.2, 0.25) is 10.0 Å².